The van der Waals surface area contributed by atoms with Crippen LogP contribution in [0.5, 0.6) is 0 Å². The minimum absolute atomic E-state index is 0.122. The largest absolute Gasteiger partial charge is 0.310 e. The smallest absolute Gasteiger partial charge is 0.233 e. The average molecular weight is 297 g/mol. The molecule has 22 heavy (non-hydrogen) atoms. The maximum Gasteiger partial charge on any atom is 0.233 e. The summed E-state index contributed by atoms with van der Waals surface area (Å²) in [6.07, 6.45) is 9.85. The summed E-state index contributed by atoms with van der Waals surface area (Å²) < 4.78 is 0. The molecule has 0 heterocycles. The summed E-state index contributed by atoms with van der Waals surface area (Å²) in [5.41, 5.74) is 2.94. The van der Waals surface area contributed by atoms with E-state index in [1.54, 1.807) is 5.57 Å². The molecule has 0 saturated heterocycles. The molecule has 7 atom stereocenters. The minimum atomic E-state index is -0.122. The van der Waals surface area contributed by atoms with E-state index in [0.29, 0.717) is 17.8 Å². The van der Waals surface area contributed by atoms with Gasteiger partial charge in [0.2, 0.25) is 5.54 Å². The van der Waals surface area contributed by atoms with Gasteiger partial charge in [0.05, 0.1) is 0 Å². The van der Waals surface area contributed by atoms with Gasteiger partial charge >= 0.3 is 0 Å². The molecule has 0 N–H and O–H groups in total. The molecule has 0 unspecified atom stereocenters. The van der Waals surface area contributed by atoms with Crippen LogP contribution in [0.25, 0.3) is 4.85 Å². The van der Waals surface area contributed by atoms with Gasteiger partial charge in [0.1, 0.15) is 0 Å². The third-order valence-electron chi connectivity index (χ3n) is 7.01. The van der Waals surface area contributed by atoms with E-state index in [0.717, 1.165) is 30.6 Å². The fourth-order valence-electron chi connectivity index (χ4n) is 6.01. The van der Waals surface area contributed by atoms with Crippen molar-refractivity contribution in [2.45, 2.75) is 65.8 Å². The molecule has 0 radical (unpaired) electrons. The quantitative estimate of drug-likeness (QED) is 0.419. The Morgan fingerprint density at radius 2 is 2.14 bits per heavy atom. The van der Waals surface area contributed by atoms with Crippen molar-refractivity contribution in [3.8, 4) is 0 Å². The van der Waals surface area contributed by atoms with Gasteiger partial charge in [-0.3, -0.25) is 0 Å². The number of rotatable bonds is 1. The van der Waals surface area contributed by atoms with E-state index < -0.39 is 0 Å². The predicted molar refractivity (Wildman–Crippen MR) is 93.3 cm³/mol. The Hall–Kier alpha value is -1.03. The Kier molecular flexibility index (Phi) is 4.00. The Balaban J connectivity index is 2.05. The lowest BCUT2D eigenvalue weighted by Gasteiger charge is -2.56. The van der Waals surface area contributed by atoms with Crippen molar-refractivity contribution in [2.75, 3.05) is 0 Å². The highest BCUT2D eigenvalue weighted by atomic mass is 14.8. The lowest BCUT2D eigenvalue weighted by atomic mass is 9.47. The molecule has 2 fully saturated rings. The van der Waals surface area contributed by atoms with Crippen molar-refractivity contribution in [2.24, 2.45) is 35.5 Å². The zero-order valence-corrected chi connectivity index (χ0v) is 14.9. The highest BCUT2D eigenvalue weighted by Crippen LogP contribution is 2.59. The molecule has 0 aliphatic heterocycles. The summed E-state index contributed by atoms with van der Waals surface area (Å²) in [5.74, 6) is 4.35. The average Bonchev–Trinajstić information content (AvgIpc) is 2.45. The fourth-order valence-corrected chi connectivity index (χ4v) is 6.01. The zero-order chi connectivity index (χ0) is 16.1. The Bertz CT molecular complexity index is 545. The third-order valence-corrected chi connectivity index (χ3v) is 7.01. The van der Waals surface area contributed by atoms with Gasteiger partial charge < -0.3 is 4.85 Å². The second kappa shape index (κ2) is 5.55. The van der Waals surface area contributed by atoms with E-state index in [1.165, 1.54) is 18.4 Å². The first-order chi connectivity index (χ1) is 10.4. The van der Waals surface area contributed by atoms with Crippen LogP contribution in [0, 0.1) is 42.1 Å². The van der Waals surface area contributed by atoms with Crippen LogP contribution in [0.3, 0.4) is 0 Å². The number of hydrogen-bond acceptors (Lipinski definition) is 0. The van der Waals surface area contributed by atoms with Crippen LogP contribution in [-0.2, 0) is 0 Å². The van der Waals surface area contributed by atoms with Crippen molar-refractivity contribution >= 4 is 0 Å². The molecule has 0 aromatic rings. The lowest BCUT2D eigenvalue weighted by Crippen LogP contribution is -2.54. The van der Waals surface area contributed by atoms with Gasteiger partial charge in [-0.15, -0.1) is 0 Å². The van der Waals surface area contributed by atoms with E-state index in [4.69, 9.17) is 6.57 Å². The lowest BCUT2D eigenvalue weighted by molar-refractivity contribution is -0.0267. The highest BCUT2D eigenvalue weighted by molar-refractivity contribution is 5.24. The molecule has 2 saturated carbocycles. The molecule has 1 heteroatoms. The van der Waals surface area contributed by atoms with Crippen LogP contribution in [0.15, 0.2) is 23.3 Å². The molecule has 0 spiro atoms. The Morgan fingerprint density at radius 1 is 1.41 bits per heavy atom. The number of hydrogen-bond donors (Lipinski definition) is 0. The molecule has 0 aromatic heterocycles. The van der Waals surface area contributed by atoms with Crippen LogP contribution in [0.4, 0.5) is 0 Å². The summed E-state index contributed by atoms with van der Waals surface area (Å²) in [7, 11) is 0. The molecule has 3 aliphatic carbocycles. The number of allylic oxidation sites excluding steroid dienone is 4. The molecule has 3 aliphatic rings. The van der Waals surface area contributed by atoms with E-state index in [1.807, 2.05) is 0 Å². The first kappa shape index (κ1) is 15.9. The fraction of sp³-hybridized carbons (Fsp3) is 0.762. The Labute approximate surface area is 136 Å². The van der Waals surface area contributed by atoms with Gasteiger partial charge in [-0.25, -0.2) is 6.57 Å². The van der Waals surface area contributed by atoms with Crippen molar-refractivity contribution in [3.05, 3.63) is 34.7 Å². The van der Waals surface area contributed by atoms with Gasteiger partial charge in [0.15, 0.2) is 0 Å². The van der Waals surface area contributed by atoms with Gasteiger partial charge in [-0.1, -0.05) is 30.2 Å². The third kappa shape index (κ3) is 2.36. The summed E-state index contributed by atoms with van der Waals surface area (Å²) in [6.45, 7) is 19.3. The molecule has 0 aromatic carbocycles. The van der Waals surface area contributed by atoms with Gasteiger partial charge in [-0.2, -0.15) is 0 Å². The SMILES string of the molecule is [C-]#[N+][C@@]1(C)CC[C@H]2[C@H]3[C@@H](C(C)=CC[C@@H]31)[C@@H](C=C(C)C)C[C@@H]2C. The maximum absolute atomic E-state index is 7.78. The van der Waals surface area contributed by atoms with Crippen molar-refractivity contribution < 1.29 is 0 Å². The minimum Gasteiger partial charge on any atom is -0.310 e. The van der Waals surface area contributed by atoms with Gasteiger partial charge in [0.25, 0.3) is 0 Å². The normalized spacial score (nSPS) is 47.0. The molecular formula is C21H31N. The predicted octanol–water partition coefficient (Wildman–Crippen LogP) is 5.90. The highest BCUT2D eigenvalue weighted by Gasteiger charge is 2.58. The molecule has 120 valence electrons. The first-order valence-electron chi connectivity index (χ1n) is 9.07. The van der Waals surface area contributed by atoms with Crippen LogP contribution >= 0.6 is 0 Å². The second-order valence-electron chi connectivity index (χ2n) is 8.69. The monoisotopic (exact) mass is 297 g/mol. The van der Waals surface area contributed by atoms with Crippen molar-refractivity contribution in [1.82, 2.24) is 0 Å². The van der Waals surface area contributed by atoms with Crippen LogP contribution in [0.1, 0.15) is 60.3 Å². The van der Waals surface area contributed by atoms with Crippen LogP contribution < -0.4 is 0 Å². The summed E-state index contributed by atoms with van der Waals surface area (Å²) in [6, 6.07) is 0. The molecular weight excluding hydrogens is 266 g/mol. The number of nitrogens with zero attached hydrogens (tertiary/aromatic N) is 1. The van der Waals surface area contributed by atoms with Crippen LogP contribution in [-0.4, -0.2) is 5.54 Å². The maximum atomic E-state index is 7.78. The van der Waals surface area contributed by atoms with Crippen molar-refractivity contribution in [3.63, 3.8) is 0 Å². The van der Waals surface area contributed by atoms with E-state index >= 15 is 0 Å². The summed E-state index contributed by atoms with van der Waals surface area (Å²) >= 11 is 0. The molecule has 1 nitrogen and oxygen atoms in total. The van der Waals surface area contributed by atoms with Crippen molar-refractivity contribution in [1.29, 1.82) is 0 Å². The zero-order valence-electron chi connectivity index (χ0n) is 14.9. The molecule has 0 bridgehead atoms. The first-order valence-corrected chi connectivity index (χ1v) is 9.07. The van der Waals surface area contributed by atoms with Gasteiger partial charge in [-0.05, 0) is 69.6 Å². The van der Waals surface area contributed by atoms with E-state index in [9.17, 15) is 0 Å². The summed E-state index contributed by atoms with van der Waals surface area (Å²) in [5, 5.41) is 0. The van der Waals surface area contributed by atoms with Crippen LogP contribution in [0.2, 0.25) is 0 Å². The Morgan fingerprint density at radius 3 is 2.77 bits per heavy atom. The van der Waals surface area contributed by atoms with Gasteiger partial charge in [0, 0.05) is 19.3 Å². The van der Waals surface area contributed by atoms with E-state index in [-0.39, 0.29) is 5.54 Å². The van der Waals surface area contributed by atoms with E-state index in [2.05, 4.69) is 51.6 Å². The summed E-state index contributed by atoms with van der Waals surface area (Å²) in [4.78, 5) is 4.13. The molecule has 3 rings (SSSR count). The molecule has 0 amide bonds. The standard InChI is InChI=1S/C21H31N/c1-13(2)11-16-12-15(4)17-9-10-21(5,22-6)18-8-7-14(3)19(16)20(17)18/h7,11,15-20H,8-10,12H2,1-5H3/t15-,16-,17+,18-,19-,20+,21-/m0/s1. The second-order valence-corrected chi connectivity index (χ2v) is 8.69. The topological polar surface area (TPSA) is 4.36 Å².